The lowest BCUT2D eigenvalue weighted by atomic mass is 9.84. The van der Waals surface area contributed by atoms with Crippen LogP contribution in [0.1, 0.15) is 40.0 Å². The van der Waals surface area contributed by atoms with Crippen LogP contribution in [0.25, 0.3) is 0 Å². The van der Waals surface area contributed by atoms with Gasteiger partial charge in [0.25, 0.3) is 5.56 Å². The van der Waals surface area contributed by atoms with E-state index >= 15 is 0 Å². The highest BCUT2D eigenvalue weighted by molar-refractivity contribution is 5.40. The smallest absolute Gasteiger partial charge is 0.250 e. The van der Waals surface area contributed by atoms with E-state index in [-0.39, 0.29) is 5.56 Å². The normalized spacial score (nSPS) is 22.4. The largest absolute Gasteiger partial charge is 0.384 e. The van der Waals surface area contributed by atoms with Crippen LogP contribution >= 0.6 is 0 Å². The summed E-state index contributed by atoms with van der Waals surface area (Å²) in [5.74, 6) is 1.38. The molecule has 0 aromatic carbocycles. The molecule has 2 unspecified atom stereocenters. The number of hydrogen-bond acceptors (Lipinski definition) is 2. The van der Waals surface area contributed by atoms with Gasteiger partial charge in [-0.2, -0.15) is 0 Å². The fraction of sp³-hybridized carbons (Fsp3) is 0.588. The van der Waals surface area contributed by atoms with E-state index in [0.29, 0.717) is 11.8 Å². The summed E-state index contributed by atoms with van der Waals surface area (Å²) < 4.78 is 1.79. The Morgan fingerprint density at radius 2 is 2.20 bits per heavy atom. The SMILES string of the molecule is CCCn1cc(NCC2CC(C)=CC(C)C2)ccc1=O. The molecule has 0 bridgehead atoms. The van der Waals surface area contributed by atoms with Crippen LogP contribution in [-0.2, 0) is 6.54 Å². The number of anilines is 1. The molecule has 1 aromatic rings. The highest BCUT2D eigenvalue weighted by Gasteiger charge is 2.17. The number of allylic oxidation sites excluding steroid dienone is 2. The Kier molecular flexibility index (Phi) is 5.05. The molecule has 3 heteroatoms. The molecular weight excluding hydrogens is 248 g/mol. The predicted molar refractivity (Wildman–Crippen MR) is 85.1 cm³/mol. The third-order valence-electron chi connectivity index (χ3n) is 3.93. The molecule has 0 aliphatic heterocycles. The molecule has 0 spiro atoms. The number of hydrogen-bond donors (Lipinski definition) is 1. The summed E-state index contributed by atoms with van der Waals surface area (Å²) >= 11 is 0. The molecule has 3 nitrogen and oxygen atoms in total. The Bertz CT molecular complexity index is 530. The first-order chi connectivity index (χ1) is 9.58. The number of aromatic nitrogens is 1. The topological polar surface area (TPSA) is 34.0 Å². The van der Waals surface area contributed by atoms with E-state index in [9.17, 15) is 4.79 Å². The van der Waals surface area contributed by atoms with Gasteiger partial charge in [-0.15, -0.1) is 0 Å². The molecule has 1 aliphatic rings. The fourth-order valence-corrected chi connectivity index (χ4v) is 3.16. The van der Waals surface area contributed by atoms with Crippen LogP contribution in [0.5, 0.6) is 0 Å². The molecule has 2 atom stereocenters. The van der Waals surface area contributed by atoms with Crippen molar-refractivity contribution in [2.45, 2.75) is 46.6 Å². The van der Waals surface area contributed by atoms with Gasteiger partial charge in [-0.1, -0.05) is 25.5 Å². The van der Waals surface area contributed by atoms with Crippen molar-refractivity contribution in [1.82, 2.24) is 4.57 Å². The molecule has 0 fully saturated rings. The van der Waals surface area contributed by atoms with Crippen LogP contribution in [0, 0.1) is 11.8 Å². The molecule has 0 saturated carbocycles. The van der Waals surface area contributed by atoms with E-state index in [1.165, 1.54) is 18.4 Å². The Morgan fingerprint density at radius 3 is 2.90 bits per heavy atom. The van der Waals surface area contributed by atoms with Crippen molar-refractivity contribution < 1.29 is 0 Å². The molecular formula is C17H26N2O. The number of rotatable bonds is 5. The van der Waals surface area contributed by atoms with Gasteiger partial charge in [-0.05, 0) is 44.1 Å². The Labute approximate surface area is 121 Å². The third-order valence-corrected chi connectivity index (χ3v) is 3.93. The molecule has 1 heterocycles. The summed E-state index contributed by atoms with van der Waals surface area (Å²) in [4.78, 5) is 11.7. The van der Waals surface area contributed by atoms with Crippen LogP contribution in [0.3, 0.4) is 0 Å². The molecule has 1 aromatic heterocycles. The molecule has 0 radical (unpaired) electrons. The van der Waals surface area contributed by atoms with Gasteiger partial charge in [0, 0.05) is 25.4 Å². The van der Waals surface area contributed by atoms with E-state index in [4.69, 9.17) is 0 Å². The second-order valence-electron chi connectivity index (χ2n) is 6.13. The van der Waals surface area contributed by atoms with Gasteiger partial charge in [0.15, 0.2) is 0 Å². The molecule has 0 saturated heterocycles. The zero-order chi connectivity index (χ0) is 14.5. The van der Waals surface area contributed by atoms with Gasteiger partial charge < -0.3 is 9.88 Å². The lowest BCUT2D eigenvalue weighted by molar-refractivity contribution is 0.421. The van der Waals surface area contributed by atoms with Crippen LogP contribution in [0.4, 0.5) is 5.69 Å². The molecule has 1 N–H and O–H groups in total. The standard InChI is InChI=1S/C17H26N2O/c1-4-7-19-12-16(5-6-17(19)20)18-11-15-9-13(2)8-14(3)10-15/h5-6,8,12-13,15,18H,4,7,9-11H2,1-3H3. The molecule has 1 aliphatic carbocycles. The average molecular weight is 274 g/mol. The van der Waals surface area contributed by atoms with Crippen molar-refractivity contribution in [2.24, 2.45) is 11.8 Å². The summed E-state index contributed by atoms with van der Waals surface area (Å²) in [6.07, 6.45) is 7.75. The van der Waals surface area contributed by atoms with Gasteiger partial charge in [0.1, 0.15) is 0 Å². The maximum absolute atomic E-state index is 11.7. The van der Waals surface area contributed by atoms with E-state index in [1.54, 1.807) is 10.6 Å². The van der Waals surface area contributed by atoms with Crippen LogP contribution in [0.15, 0.2) is 34.8 Å². The van der Waals surface area contributed by atoms with Gasteiger partial charge in [-0.25, -0.2) is 0 Å². The number of nitrogens with one attached hydrogen (secondary N) is 1. The molecule has 2 rings (SSSR count). The van der Waals surface area contributed by atoms with E-state index in [1.807, 2.05) is 12.3 Å². The van der Waals surface area contributed by atoms with Gasteiger partial charge >= 0.3 is 0 Å². The van der Waals surface area contributed by atoms with Gasteiger partial charge in [0.2, 0.25) is 0 Å². The maximum atomic E-state index is 11.7. The second kappa shape index (κ2) is 6.78. The number of pyridine rings is 1. The second-order valence-corrected chi connectivity index (χ2v) is 6.13. The first-order valence-electron chi connectivity index (χ1n) is 7.70. The fourth-order valence-electron chi connectivity index (χ4n) is 3.16. The Balaban J connectivity index is 1.96. The molecule has 20 heavy (non-hydrogen) atoms. The zero-order valence-electron chi connectivity index (χ0n) is 12.9. The van der Waals surface area contributed by atoms with Crippen LogP contribution < -0.4 is 10.9 Å². The van der Waals surface area contributed by atoms with E-state index < -0.39 is 0 Å². The van der Waals surface area contributed by atoms with Gasteiger partial charge in [-0.3, -0.25) is 4.79 Å². The first kappa shape index (κ1) is 14.9. The Hall–Kier alpha value is -1.51. The monoisotopic (exact) mass is 274 g/mol. The van der Waals surface area contributed by atoms with Crippen LogP contribution in [-0.4, -0.2) is 11.1 Å². The van der Waals surface area contributed by atoms with Crippen molar-refractivity contribution in [3.05, 3.63) is 40.3 Å². The lowest BCUT2D eigenvalue weighted by Gasteiger charge is -2.26. The molecule has 0 amide bonds. The highest BCUT2D eigenvalue weighted by Crippen LogP contribution is 2.27. The van der Waals surface area contributed by atoms with E-state index in [0.717, 1.165) is 25.2 Å². The summed E-state index contributed by atoms with van der Waals surface area (Å²) in [7, 11) is 0. The van der Waals surface area contributed by atoms with Crippen molar-refractivity contribution in [3.8, 4) is 0 Å². The summed E-state index contributed by atoms with van der Waals surface area (Å²) in [5, 5.41) is 3.49. The van der Waals surface area contributed by atoms with E-state index in [2.05, 4.69) is 32.2 Å². The number of aryl methyl sites for hydroxylation is 1. The van der Waals surface area contributed by atoms with Crippen molar-refractivity contribution in [3.63, 3.8) is 0 Å². The third kappa shape index (κ3) is 3.99. The van der Waals surface area contributed by atoms with Crippen molar-refractivity contribution >= 4 is 5.69 Å². The average Bonchev–Trinajstić information content (AvgIpc) is 2.39. The maximum Gasteiger partial charge on any atom is 0.250 e. The first-order valence-corrected chi connectivity index (χ1v) is 7.70. The van der Waals surface area contributed by atoms with Gasteiger partial charge in [0.05, 0.1) is 5.69 Å². The quantitative estimate of drug-likeness (QED) is 0.831. The van der Waals surface area contributed by atoms with Crippen molar-refractivity contribution in [1.29, 1.82) is 0 Å². The lowest BCUT2D eigenvalue weighted by Crippen LogP contribution is -2.22. The molecule has 110 valence electrons. The minimum absolute atomic E-state index is 0.0856. The highest BCUT2D eigenvalue weighted by atomic mass is 16.1. The van der Waals surface area contributed by atoms with Crippen molar-refractivity contribution in [2.75, 3.05) is 11.9 Å². The Morgan fingerprint density at radius 1 is 1.40 bits per heavy atom. The zero-order valence-corrected chi connectivity index (χ0v) is 12.9. The minimum Gasteiger partial charge on any atom is -0.384 e. The number of nitrogens with zero attached hydrogens (tertiary/aromatic N) is 1. The summed E-state index contributed by atoms with van der Waals surface area (Å²) in [6.45, 7) is 8.38. The summed E-state index contributed by atoms with van der Waals surface area (Å²) in [6, 6.07) is 3.55. The summed E-state index contributed by atoms with van der Waals surface area (Å²) in [5.41, 5.74) is 2.65. The van der Waals surface area contributed by atoms with Crippen LogP contribution in [0.2, 0.25) is 0 Å². The minimum atomic E-state index is 0.0856. The predicted octanol–water partition coefficient (Wildman–Crippen LogP) is 3.66.